The number of hydrogen-bond donors (Lipinski definition) is 0. The third kappa shape index (κ3) is 3.30. The monoisotopic (exact) mass is 412 g/mol. The highest BCUT2D eigenvalue weighted by molar-refractivity contribution is 9.10. The normalized spacial score (nSPS) is 10.3. The summed E-state index contributed by atoms with van der Waals surface area (Å²) in [4.78, 5) is 12.8. The predicted octanol–water partition coefficient (Wildman–Crippen LogP) is 4.77. The maximum absolute atomic E-state index is 12.8. The minimum Gasteiger partial charge on any atom is -0.496 e. The highest BCUT2D eigenvalue weighted by atomic mass is 79.9. The van der Waals surface area contributed by atoms with Gasteiger partial charge in [0, 0.05) is 10.0 Å². The van der Waals surface area contributed by atoms with Crippen LogP contribution >= 0.6 is 31.9 Å². The Balaban J connectivity index is 2.56. The minimum atomic E-state index is -0.0948. The molecule has 5 heteroatoms. The second-order valence-corrected chi connectivity index (χ2v) is 6.25. The lowest BCUT2D eigenvalue weighted by atomic mass is 9.98. The van der Waals surface area contributed by atoms with E-state index >= 15 is 0 Å². The van der Waals surface area contributed by atoms with Crippen molar-refractivity contribution in [2.45, 2.75) is 6.92 Å². The molecule has 0 aromatic heterocycles. The number of rotatable bonds is 4. The van der Waals surface area contributed by atoms with Crippen LogP contribution in [0.25, 0.3) is 0 Å². The third-order valence-corrected chi connectivity index (χ3v) is 4.26. The summed E-state index contributed by atoms with van der Waals surface area (Å²) in [5.74, 6) is 1.01. The molecule has 0 amide bonds. The van der Waals surface area contributed by atoms with Crippen LogP contribution in [0.4, 0.5) is 0 Å². The zero-order valence-electron chi connectivity index (χ0n) is 11.9. The zero-order valence-corrected chi connectivity index (χ0v) is 15.0. The van der Waals surface area contributed by atoms with Crippen LogP contribution in [0.5, 0.6) is 11.5 Å². The Morgan fingerprint density at radius 3 is 2.19 bits per heavy atom. The summed E-state index contributed by atoms with van der Waals surface area (Å²) >= 11 is 6.79. The van der Waals surface area contributed by atoms with Crippen molar-refractivity contribution in [1.82, 2.24) is 0 Å². The Labute approximate surface area is 140 Å². The Morgan fingerprint density at radius 2 is 1.62 bits per heavy atom. The molecule has 0 atom stereocenters. The average molecular weight is 414 g/mol. The summed E-state index contributed by atoms with van der Waals surface area (Å²) in [5, 5.41) is 0. The van der Waals surface area contributed by atoms with Gasteiger partial charge in [-0.25, -0.2) is 0 Å². The summed E-state index contributed by atoms with van der Waals surface area (Å²) < 4.78 is 12.3. The van der Waals surface area contributed by atoms with Crippen molar-refractivity contribution in [2.24, 2.45) is 0 Å². The zero-order chi connectivity index (χ0) is 15.6. The number of hydrogen-bond acceptors (Lipinski definition) is 3. The fourth-order valence-electron chi connectivity index (χ4n) is 2.06. The molecule has 0 heterocycles. The molecule has 0 saturated carbocycles. The summed E-state index contributed by atoms with van der Waals surface area (Å²) in [6.07, 6.45) is 0. The van der Waals surface area contributed by atoms with Gasteiger partial charge in [0.1, 0.15) is 11.5 Å². The van der Waals surface area contributed by atoms with Crippen molar-refractivity contribution in [3.8, 4) is 11.5 Å². The van der Waals surface area contributed by atoms with E-state index in [0.29, 0.717) is 22.6 Å². The molecule has 21 heavy (non-hydrogen) atoms. The van der Waals surface area contributed by atoms with Gasteiger partial charge in [-0.2, -0.15) is 0 Å². The van der Waals surface area contributed by atoms with Crippen LogP contribution in [-0.2, 0) is 0 Å². The standard InChI is InChI=1S/C16H14Br2O3/c1-9-6-10(17)4-5-11(9)16(19)12-7-15(21-3)13(18)8-14(12)20-2/h4-8H,1-3H3. The fourth-order valence-corrected chi connectivity index (χ4v) is 3.02. The molecule has 0 N–H and O–H groups in total. The first-order valence-corrected chi connectivity index (χ1v) is 7.79. The quantitative estimate of drug-likeness (QED) is 0.677. The van der Waals surface area contributed by atoms with E-state index in [2.05, 4.69) is 31.9 Å². The average Bonchev–Trinajstić information content (AvgIpc) is 2.46. The molecule has 0 unspecified atom stereocenters. The molecule has 0 bridgehead atoms. The van der Waals surface area contributed by atoms with Crippen LogP contribution in [0.3, 0.4) is 0 Å². The Morgan fingerprint density at radius 1 is 0.952 bits per heavy atom. The Kier molecular flexibility index (Phi) is 5.06. The molecule has 0 radical (unpaired) electrons. The fraction of sp³-hybridized carbons (Fsp3) is 0.188. The topological polar surface area (TPSA) is 35.5 Å². The smallest absolute Gasteiger partial charge is 0.197 e. The van der Waals surface area contributed by atoms with Gasteiger partial charge in [-0.15, -0.1) is 0 Å². The number of benzene rings is 2. The summed E-state index contributed by atoms with van der Waals surface area (Å²) in [6, 6.07) is 8.99. The highest BCUT2D eigenvalue weighted by Gasteiger charge is 2.19. The first-order valence-electron chi connectivity index (χ1n) is 6.20. The molecule has 0 aliphatic carbocycles. The van der Waals surface area contributed by atoms with Crippen molar-refractivity contribution < 1.29 is 14.3 Å². The van der Waals surface area contributed by atoms with Crippen LogP contribution in [0.2, 0.25) is 0 Å². The molecule has 0 aliphatic rings. The molecule has 0 aliphatic heterocycles. The molecule has 3 nitrogen and oxygen atoms in total. The SMILES string of the molecule is COc1cc(C(=O)c2ccc(Br)cc2C)c(OC)cc1Br. The Hall–Kier alpha value is -1.33. The molecular formula is C16H14Br2O3. The molecule has 2 aromatic carbocycles. The number of ketones is 1. The number of halogens is 2. The molecule has 2 aromatic rings. The molecule has 2 rings (SSSR count). The van der Waals surface area contributed by atoms with Crippen LogP contribution in [0.15, 0.2) is 39.3 Å². The van der Waals surface area contributed by atoms with E-state index in [1.165, 1.54) is 0 Å². The van der Waals surface area contributed by atoms with Gasteiger partial charge < -0.3 is 9.47 Å². The lowest BCUT2D eigenvalue weighted by Gasteiger charge is -2.12. The number of ether oxygens (including phenoxy) is 2. The van der Waals surface area contributed by atoms with E-state index in [9.17, 15) is 4.79 Å². The van der Waals surface area contributed by atoms with Crippen LogP contribution in [0.1, 0.15) is 21.5 Å². The second kappa shape index (κ2) is 6.62. The third-order valence-electron chi connectivity index (χ3n) is 3.15. The minimum absolute atomic E-state index is 0.0948. The van der Waals surface area contributed by atoms with Gasteiger partial charge in [0.15, 0.2) is 5.78 Å². The van der Waals surface area contributed by atoms with Crippen molar-refractivity contribution in [3.05, 3.63) is 56.0 Å². The maximum Gasteiger partial charge on any atom is 0.197 e. The van der Waals surface area contributed by atoms with Gasteiger partial charge in [-0.3, -0.25) is 4.79 Å². The number of methoxy groups -OCH3 is 2. The maximum atomic E-state index is 12.8. The summed E-state index contributed by atoms with van der Waals surface area (Å²) in [7, 11) is 3.10. The van der Waals surface area contributed by atoms with Crippen molar-refractivity contribution >= 4 is 37.6 Å². The lowest BCUT2D eigenvalue weighted by molar-refractivity contribution is 0.103. The largest absolute Gasteiger partial charge is 0.496 e. The van der Waals surface area contributed by atoms with Crippen LogP contribution < -0.4 is 9.47 Å². The summed E-state index contributed by atoms with van der Waals surface area (Å²) in [5.41, 5.74) is 2.02. The number of aryl methyl sites for hydroxylation is 1. The van der Waals surface area contributed by atoms with Gasteiger partial charge in [0.25, 0.3) is 0 Å². The number of carbonyl (C=O) groups excluding carboxylic acids is 1. The molecule has 0 saturated heterocycles. The van der Waals surface area contributed by atoms with Crippen molar-refractivity contribution in [1.29, 1.82) is 0 Å². The van der Waals surface area contributed by atoms with Crippen molar-refractivity contribution in [3.63, 3.8) is 0 Å². The number of carbonyl (C=O) groups is 1. The molecule has 0 spiro atoms. The first-order chi connectivity index (χ1) is 9.97. The van der Waals surface area contributed by atoms with E-state index in [0.717, 1.165) is 14.5 Å². The first kappa shape index (κ1) is 16.0. The van der Waals surface area contributed by atoms with E-state index in [1.54, 1.807) is 32.4 Å². The molecule has 0 fully saturated rings. The van der Waals surface area contributed by atoms with Gasteiger partial charge in [0.05, 0.1) is 24.3 Å². The van der Waals surface area contributed by atoms with Crippen LogP contribution in [-0.4, -0.2) is 20.0 Å². The van der Waals surface area contributed by atoms with Crippen LogP contribution in [0, 0.1) is 6.92 Å². The van der Waals surface area contributed by atoms with Gasteiger partial charge in [0.2, 0.25) is 0 Å². The Bertz CT molecular complexity index is 696. The summed E-state index contributed by atoms with van der Waals surface area (Å²) in [6.45, 7) is 1.90. The van der Waals surface area contributed by atoms with Gasteiger partial charge in [-0.1, -0.05) is 15.9 Å². The van der Waals surface area contributed by atoms with E-state index < -0.39 is 0 Å². The van der Waals surface area contributed by atoms with Gasteiger partial charge in [-0.05, 0) is 58.7 Å². The van der Waals surface area contributed by atoms with E-state index in [-0.39, 0.29) is 5.78 Å². The molecule has 110 valence electrons. The lowest BCUT2D eigenvalue weighted by Crippen LogP contribution is -2.06. The van der Waals surface area contributed by atoms with Crippen molar-refractivity contribution in [2.75, 3.05) is 14.2 Å². The molecular weight excluding hydrogens is 400 g/mol. The van der Waals surface area contributed by atoms with E-state index in [1.807, 2.05) is 19.1 Å². The van der Waals surface area contributed by atoms with Gasteiger partial charge >= 0.3 is 0 Å². The second-order valence-electron chi connectivity index (χ2n) is 4.48. The highest BCUT2D eigenvalue weighted by Crippen LogP contribution is 2.34. The van der Waals surface area contributed by atoms with E-state index in [4.69, 9.17) is 9.47 Å². The predicted molar refractivity (Wildman–Crippen MR) is 89.6 cm³/mol.